The lowest BCUT2D eigenvalue weighted by atomic mass is 10.0. The molecule has 2 heterocycles. The summed E-state index contributed by atoms with van der Waals surface area (Å²) in [6.45, 7) is 8.60. The van der Waals surface area contributed by atoms with Crippen molar-refractivity contribution in [3.63, 3.8) is 0 Å². The summed E-state index contributed by atoms with van der Waals surface area (Å²) in [4.78, 5) is 14.8. The molecule has 1 aromatic heterocycles. The lowest BCUT2D eigenvalue weighted by molar-refractivity contribution is 0.0660. The molecule has 0 spiro atoms. The van der Waals surface area contributed by atoms with E-state index >= 15 is 0 Å². The van der Waals surface area contributed by atoms with Crippen molar-refractivity contribution in [3.05, 3.63) is 23.0 Å². The molecule has 1 amide bonds. The molecule has 0 radical (unpaired) electrons. The molecule has 2 rings (SSSR count). The van der Waals surface area contributed by atoms with Crippen molar-refractivity contribution in [2.75, 3.05) is 19.6 Å². The summed E-state index contributed by atoms with van der Waals surface area (Å²) in [5, 5.41) is 11.6. The van der Waals surface area contributed by atoms with Crippen LogP contribution in [-0.2, 0) is 6.42 Å². The first-order chi connectivity index (χ1) is 9.67. The number of nitrogens with one attached hydrogen (secondary N) is 1. The Bertz CT molecular complexity index is 469. The molecular weight excluding hydrogens is 252 g/mol. The summed E-state index contributed by atoms with van der Waals surface area (Å²) in [5.41, 5.74) is 2.30. The van der Waals surface area contributed by atoms with E-state index in [9.17, 15) is 4.79 Å². The van der Waals surface area contributed by atoms with E-state index in [1.54, 1.807) is 0 Å². The number of likely N-dealkylation sites (N-methyl/N-ethyl adjacent to an activating group) is 1. The Hall–Kier alpha value is -1.49. The van der Waals surface area contributed by atoms with E-state index in [4.69, 9.17) is 0 Å². The molecule has 20 heavy (non-hydrogen) atoms. The van der Waals surface area contributed by atoms with Crippen molar-refractivity contribution in [3.8, 4) is 0 Å². The number of carbonyl (C=O) groups is 1. The van der Waals surface area contributed by atoms with Crippen LogP contribution < -0.4 is 5.32 Å². The van der Waals surface area contributed by atoms with Crippen molar-refractivity contribution in [1.82, 2.24) is 20.4 Å². The van der Waals surface area contributed by atoms with E-state index in [1.807, 2.05) is 31.7 Å². The van der Waals surface area contributed by atoms with Gasteiger partial charge in [-0.3, -0.25) is 4.79 Å². The van der Waals surface area contributed by atoms with Crippen molar-refractivity contribution in [2.45, 2.75) is 46.1 Å². The van der Waals surface area contributed by atoms with E-state index in [2.05, 4.69) is 15.5 Å². The molecule has 1 fully saturated rings. The first-order valence-electron chi connectivity index (χ1n) is 7.52. The van der Waals surface area contributed by atoms with E-state index in [0.717, 1.165) is 50.3 Å². The van der Waals surface area contributed by atoms with Crippen LogP contribution in [0.15, 0.2) is 6.07 Å². The minimum absolute atomic E-state index is 0.0936. The van der Waals surface area contributed by atoms with Gasteiger partial charge in [-0.05, 0) is 45.7 Å². The SMILES string of the molecule is CCc1nnc(C)cc1C(=O)N(CC)C1CCCNC1. The van der Waals surface area contributed by atoms with E-state index in [-0.39, 0.29) is 5.91 Å². The number of aryl methyl sites for hydroxylation is 2. The van der Waals surface area contributed by atoms with Gasteiger partial charge in [-0.2, -0.15) is 10.2 Å². The van der Waals surface area contributed by atoms with Gasteiger partial charge in [-0.15, -0.1) is 0 Å². The Morgan fingerprint density at radius 2 is 2.25 bits per heavy atom. The zero-order chi connectivity index (χ0) is 14.5. The van der Waals surface area contributed by atoms with Gasteiger partial charge in [0.05, 0.1) is 17.0 Å². The molecule has 1 aliphatic rings. The molecule has 1 atom stereocenters. The normalized spacial score (nSPS) is 18.9. The molecule has 1 N–H and O–H groups in total. The number of rotatable bonds is 4. The molecule has 1 saturated heterocycles. The van der Waals surface area contributed by atoms with Crippen LogP contribution in [0.1, 0.15) is 48.4 Å². The zero-order valence-electron chi connectivity index (χ0n) is 12.6. The van der Waals surface area contributed by atoms with Crippen LogP contribution in [0, 0.1) is 6.92 Å². The summed E-state index contributed by atoms with van der Waals surface area (Å²) in [5.74, 6) is 0.0936. The first kappa shape index (κ1) is 14.9. The van der Waals surface area contributed by atoms with E-state index < -0.39 is 0 Å². The Balaban J connectivity index is 2.25. The Morgan fingerprint density at radius 1 is 1.45 bits per heavy atom. The van der Waals surface area contributed by atoms with Gasteiger partial charge in [0.25, 0.3) is 5.91 Å². The second-order valence-electron chi connectivity index (χ2n) is 5.29. The van der Waals surface area contributed by atoms with Crippen LogP contribution in [0.25, 0.3) is 0 Å². The number of hydrogen-bond donors (Lipinski definition) is 1. The second-order valence-corrected chi connectivity index (χ2v) is 5.29. The lowest BCUT2D eigenvalue weighted by Crippen LogP contribution is -2.48. The highest BCUT2D eigenvalue weighted by molar-refractivity contribution is 5.95. The van der Waals surface area contributed by atoms with Crippen molar-refractivity contribution < 1.29 is 4.79 Å². The largest absolute Gasteiger partial charge is 0.335 e. The maximum absolute atomic E-state index is 12.8. The predicted molar refractivity (Wildman–Crippen MR) is 78.7 cm³/mol. The number of aromatic nitrogens is 2. The Labute approximate surface area is 120 Å². The molecule has 0 saturated carbocycles. The van der Waals surface area contributed by atoms with E-state index in [1.165, 1.54) is 0 Å². The monoisotopic (exact) mass is 276 g/mol. The number of piperidine rings is 1. The number of carbonyl (C=O) groups excluding carboxylic acids is 1. The molecule has 0 bridgehead atoms. The van der Waals surface area contributed by atoms with Crippen LogP contribution in [0.2, 0.25) is 0 Å². The van der Waals surface area contributed by atoms with Gasteiger partial charge in [-0.25, -0.2) is 0 Å². The number of nitrogens with zero attached hydrogens (tertiary/aromatic N) is 3. The molecule has 5 heteroatoms. The minimum Gasteiger partial charge on any atom is -0.335 e. The van der Waals surface area contributed by atoms with Crippen molar-refractivity contribution >= 4 is 5.91 Å². The van der Waals surface area contributed by atoms with Crippen LogP contribution >= 0.6 is 0 Å². The van der Waals surface area contributed by atoms with Crippen molar-refractivity contribution in [1.29, 1.82) is 0 Å². The summed E-state index contributed by atoms with van der Waals surface area (Å²) in [6.07, 6.45) is 2.93. The zero-order valence-corrected chi connectivity index (χ0v) is 12.6. The maximum Gasteiger partial charge on any atom is 0.256 e. The fourth-order valence-corrected chi connectivity index (χ4v) is 2.78. The summed E-state index contributed by atoms with van der Waals surface area (Å²) in [6, 6.07) is 2.16. The molecule has 110 valence electrons. The van der Waals surface area contributed by atoms with Gasteiger partial charge in [0, 0.05) is 19.1 Å². The molecule has 1 aliphatic heterocycles. The fraction of sp³-hybridized carbons (Fsp3) is 0.667. The first-order valence-corrected chi connectivity index (χ1v) is 7.52. The average molecular weight is 276 g/mol. The average Bonchev–Trinajstić information content (AvgIpc) is 2.49. The number of hydrogen-bond acceptors (Lipinski definition) is 4. The maximum atomic E-state index is 12.8. The summed E-state index contributed by atoms with van der Waals surface area (Å²) >= 11 is 0. The van der Waals surface area contributed by atoms with Gasteiger partial charge < -0.3 is 10.2 Å². The summed E-state index contributed by atoms with van der Waals surface area (Å²) < 4.78 is 0. The van der Waals surface area contributed by atoms with Gasteiger partial charge in [0.1, 0.15) is 0 Å². The minimum atomic E-state index is 0.0936. The molecule has 0 aliphatic carbocycles. The van der Waals surface area contributed by atoms with Crippen LogP contribution in [0.4, 0.5) is 0 Å². The van der Waals surface area contributed by atoms with Gasteiger partial charge in [0.2, 0.25) is 0 Å². The summed E-state index contributed by atoms with van der Waals surface area (Å²) in [7, 11) is 0. The predicted octanol–water partition coefficient (Wildman–Crippen LogP) is 1.56. The van der Waals surface area contributed by atoms with Gasteiger partial charge in [-0.1, -0.05) is 6.92 Å². The quantitative estimate of drug-likeness (QED) is 0.906. The fourth-order valence-electron chi connectivity index (χ4n) is 2.78. The lowest BCUT2D eigenvalue weighted by Gasteiger charge is -2.34. The molecular formula is C15H24N4O. The van der Waals surface area contributed by atoms with Gasteiger partial charge >= 0.3 is 0 Å². The van der Waals surface area contributed by atoms with Crippen LogP contribution in [0.5, 0.6) is 0 Å². The topological polar surface area (TPSA) is 58.1 Å². The third kappa shape index (κ3) is 3.15. The van der Waals surface area contributed by atoms with Crippen molar-refractivity contribution in [2.24, 2.45) is 0 Å². The van der Waals surface area contributed by atoms with Crippen LogP contribution in [-0.4, -0.2) is 46.7 Å². The highest BCUT2D eigenvalue weighted by Gasteiger charge is 2.26. The van der Waals surface area contributed by atoms with Gasteiger partial charge in [0.15, 0.2) is 0 Å². The number of amides is 1. The van der Waals surface area contributed by atoms with Crippen LogP contribution in [0.3, 0.4) is 0 Å². The molecule has 0 aromatic carbocycles. The smallest absolute Gasteiger partial charge is 0.256 e. The molecule has 1 aromatic rings. The molecule has 5 nitrogen and oxygen atoms in total. The Kier molecular flexibility index (Phi) is 5.06. The molecule has 1 unspecified atom stereocenters. The third-order valence-corrected chi connectivity index (χ3v) is 3.87. The standard InChI is InChI=1S/C15H24N4O/c1-4-14-13(9-11(3)17-18-14)15(20)19(5-2)12-7-6-8-16-10-12/h9,12,16H,4-8,10H2,1-3H3. The second kappa shape index (κ2) is 6.79. The highest BCUT2D eigenvalue weighted by atomic mass is 16.2. The third-order valence-electron chi connectivity index (χ3n) is 3.87. The Morgan fingerprint density at radius 3 is 2.85 bits per heavy atom. The van der Waals surface area contributed by atoms with E-state index in [0.29, 0.717) is 11.6 Å². The highest BCUT2D eigenvalue weighted by Crippen LogP contribution is 2.16.